The van der Waals surface area contributed by atoms with Gasteiger partial charge in [-0.3, -0.25) is 4.79 Å². The number of hydrogen-bond acceptors (Lipinski definition) is 6. The van der Waals surface area contributed by atoms with Crippen LogP contribution in [0.15, 0.2) is 0 Å². The fourth-order valence-electron chi connectivity index (χ4n) is 2.09. The van der Waals surface area contributed by atoms with Gasteiger partial charge in [0.15, 0.2) is 5.13 Å². The lowest BCUT2D eigenvalue weighted by Gasteiger charge is -2.10. The maximum Gasteiger partial charge on any atom is 0.315 e. The van der Waals surface area contributed by atoms with Crippen LogP contribution in [0.4, 0.5) is 5.13 Å². The fourth-order valence-corrected chi connectivity index (χ4v) is 3.13. The van der Waals surface area contributed by atoms with Crippen molar-refractivity contribution in [2.75, 3.05) is 25.6 Å². The van der Waals surface area contributed by atoms with Crippen LogP contribution in [-0.4, -0.2) is 37.3 Å². The molecule has 5 nitrogen and oxygen atoms in total. The van der Waals surface area contributed by atoms with E-state index in [1.54, 1.807) is 18.4 Å². The molecule has 19 heavy (non-hydrogen) atoms. The number of fused-ring (bicyclic) bond motifs is 1. The minimum atomic E-state index is -0.179. The third-order valence-electron chi connectivity index (χ3n) is 3.23. The summed E-state index contributed by atoms with van der Waals surface area (Å²) in [5, 5.41) is 4.11. The molecule has 2 unspecified atom stereocenters. The van der Waals surface area contributed by atoms with Crippen LogP contribution in [0.1, 0.15) is 36.8 Å². The Labute approximate surface area is 117 Å². The number of carbonyl (C=O) groups excluding carboxylic acids is 1. The minimum Gasteiger partial charge on any atom is -0.465 e. The Bertz CT molecular complexity index is 447. The van der Waals surface area contributed by atoms with Crippen molar-refractivity contribution in [3.05, 3.63) is 10.6 Å². The molecule has 1 aromatic heterocycles. The molecule has 1 N–H and O–H groups in total. The van der Waals surface area contributed by atoms with E-state index < -0.39 is 0 Å². The molecule has 0 bridgehead atoms. The number of hydrogen-bond donors (Lipinski definition) is 1. The number of aryl methyl sites for hydroxylation is 1. The van der Waals surface area contributed by atoms with Gasteiger partial charge in [0, 0.05) is 18.5 Å². The van der Waals surface area contributed by atoms with E-state index in [1.165, 1.54) is 4.88 Å². The Hall–Kier alpha value is -1.14. The average Bonchev–Trinajstić information content (AvgIpc) is 2.95. The van der Waals surface area contributed by atoms with Crippen molar-refractivity contribution < 1.29 is 14.3 Å². The third kappa shape index (κ3) is 3.25. The number of anilines is 1. The average molecular weight is 284 g/mol. The fraction of sp³-hybridized carbons (Fsp3) is 0.692. The number of esters is 1. The summed E-state index contributed by atoms with van der Waals surface area (Å²) in [6.07, 6.45) is 1.87. The summed E-state index contributed by atoms with van der Waals surface area (Å²) in [5.74, 6) is -0.329. The highest BCUT2D eigenvalue weighted by Gasteiger charge is 2.33. The topological polar surface area (TPSA) is 60.5 Å². The van der Waals surface area contributed by atoms with Crippen LogP contribution in [-0.2, 0) is 20.7 Å². The Kier molecular flexibility index (Phi) is 4.76. The molecule has 0 spiro atoms. The molecule has 1 aliphatic carbocycles. The summed E-state index contributed by atoms with van der Waals surface area (Å²) in [4.78, 5) is 17.6. The van der Waals surface area contributed by atoms with E-state index in [0.717, 1.165) is 23.7 Å². The van der Waals surface area contributed by atoms with Gasteiger partial charge in [-0.2, -0.15) is 0 Å². The lowest BCUT2D eigenvalue weighted by Crippen LogP contribution is -2.18. The molecule has 0 saturated carbocycles. The van der Waals surface area contributed by atoms with Crippen LogP contribution in [0.25, 0.3) is 0 Å². The minimum absolute atomic E-state index is 0.139. The maximum atomic E-state index is 11.8. The molecule has 1 heterocycles. The molecule has 0 amide bonds. The molecule has 2 rings (SSSR count). The van der Waals surface area contributed by atoms with Crippen LogP contribution in [0.5, 0.6) is 0 Å². The number of rotatable bonds is 6. The van der Waals surface area contributed by atoms with Crippen LogP contribution < -0.4 is 5.32 Å². The summed E-state index contributed by atoms with van der Waals surface area (Å²) in [7, 11) is 1.69. The molecule has 0 saturated heterocycles. The van der Waals surface area contributed by atoms with Crippen LogP contribution in [0.2, 0.25) is 0 Å². The molecule has 1 aliphatic rings. The van der Waals surface area contributed by atoms with Gasteiger partial charge in [-0.15, -0.1) is 11.3 Å². The molecule has 106 valence electrons. The number of methoxy groups -OCH3 is 1. The lowest BCUT2D eigenvalue weighted by atomic mass is 10.1. The number of ether oxygens (including phenoxy) is 2. The van der Waals surface area contributed by atoms with E-state index >= 15 is 0 Å². The van der Waals surface area contributed by atoms with E-state index in [9.17, 15) is 4.79 Å². The zero-order valence-corrected chi connectivity index (χ0v) is 12.4. The second-order valence-corrected chi connectivity index (χ2v) is 5.68. The second-order valence-electron chi connectivity index (χ2n) is 4.60. The Balaban J connectivity index is 2.01. The van der Waals surface area contributed by atoms with Gasteiger partial charge in [0.1, 0.15) is 5.92 Å². The zero-order chi connectivity index (χ0) is 13.8. The number of nitrogens with zero attached hydrogens (tertiary/aromatic N) is 1. The maximum absolute atomic E-state index is 11.8. The van der Waals surface area contributed by atoms with Crippen molar-refractivity contribution in [1.82, 2.24) is 4.98 Å². The summed E-state index contributed by atoms with van der Waals surface area (Å²) in [6.45, 7) is 4.96. The smallest absolute Gasteiger partial charge is 0.315 e. The molecular weight excluding hydrogens is 264 g/mol. The zero-order valence-electron chi connectivity index (χ0n) is 11.6. The molecule has 0 aliphatic heterocycles. The van der Waals surface area contributed by atoms with E-state index in [2.05, 4.69) is 10.3 Å². The van der Waals surface area contributed by atoms with Crippen molar-refractivity contribution in [2.45, 2.75) is 38.7 Å². The van der Waals surface area contributed by atoms with Gasteiger partial charge in [-0.25, -0.2) is 4.98 Å². The van der Waals surface area contributed by atoms with E-state index in [-0.39, 0.29) is 18.0 Å². The standard InChI is InChI=1S/C13H20N2O3S/c1-4-18-12(16)9-5-6-10-11(9)15-13(19-10)14-7-8(2)17-3/h8-9H,4-7H2,1-3H3,(H,14,15). The van der Waals surface area contributed by atoms with Gasteiger partial charge in [-0.1, -0.05) is 0 Å². The molecular formula is C13H20N2O3S. The van der Waals surface area contributed by atoms with Crippen molar-refractivity contribution in [1.29, 1.82) is 0 Å². The molecule has 6 heteroatoms. The molecule has 0 radical (unpaired) electrons. The van der Waals surface area contributed by atoms with Gasteiger partial charge >= 0.3 is 5.97 Å². The van der Waals surface area contributed by atoms with Crippen molar-refractivity contribution in [3.8, 4) is 0 Å². The van der Waals surface area contributed by atoms with E-state index in [4.69, 9.17) is 9.47 Å². The second kappa shape index (κ2) is 6.34. The summed E-state index contributed by atoms with van der Waals surface area (Å²) < 4.78 is 10.3. The van der Waals surface area contributed by atoms with Gasteiger partial charge < -0.3 is 14.8 Å². The predicted octanol–water partition coefficient (Wildman–Crippen LogP) is 2.18. The monoisotopic (exact) mass is 284 g/mol. The van der Waals surface area contributed by atoms with Crippen molar-refractivity contribution in [2.24, 2.45) is 0 Å². The van der Waals surface area contributed by atoms with Gasteiger partial charge in [0.2, 0.25) is 0 Å². The van der Waals surface area contributed by atoms with Crippen molar-refractivity contribution in [3.63, 3.8) is 0 Å². The molecule has 2 atom stereocenters. The van der Waals surface area contributed by atoms with Crippen LogP contribution >= 0.6 is 11.3 Å². The van der Waals surface area contributed by atoms with Crippen molar-refractivity contribution >= 4 is 22.4 Å². The summed E-state index contributed by atoms with van der Waals surface area (Å²) in [6, 6.07) is 0. The Morgan fingerprint density at radius 3 is 3.11 bits per heavy atom. The SMILES string of the molecule is CCOC(=O)C1CCc2sc(NCC(C)OC)nc21. The molecule has 0 fully saturated rings. The van der Waals surface area contributed by atoms with Gasteiger partial charge in [0.25, 0.3) is 0 Å². The predicted molar refractivity (Wildman–Crippen MR) is 74.8 cm³/mol. The summed E-state index contributed by atoms with van der Waals surface area (Å²) >= 11 is 1.63. The number of nitrogens with one attached hydrogen (secondary N) is 1. The highest BCUT2D eigenvalue weighted by molar-refractivity contribution is 7.15. The Morgan fingerprint density at radius 1 is 1.63 bits per heavy atom. The Morgan fingerprint density at radius 2 is 2.42 bits per heavy atom. The molecule has 0 aromatic carbocycles. The first-order valence-corrected chi connectivity index (χ1v) is 7.40. The molecule has 1 aromatic rings. The quantitative estimate of drug-likeness (QED) is 0.811. The van der Waals surface area contributed by atoms with Gasteiger partial charge in [-0.05, 0) is 26.7 Å². The van der Waals surface area contributed by atoms with Crippen LogP contribution in [0.3, 0.4) is 0 Å². The highest BCUT2D eigenvalue weighted by Crippen LogP contribution is 2.38. The largest absolute Gasteiger partial charge is 0.465 e. The number of thiazole rings is 1. The normalized spacial score (nSPS) is 19.0. The lowest BCUT2D eigenvalue weighted by molar-refractivity contribution is -0.145. The number of carbonyl (C=O) groups is 1. The summed E-state index contributed by atoms with van der Waals surface area (Å²) in [5.41, 5.74) is 0.899. The third-order valence-corrected chi connectivity index (χ3v) is 4.32. The first-order chi connectivity index (χ1) is 9.15. The highest BCUT2D eigenvalue weighted by atomic mass is 32.1. The number of aromatic nitrogens is 1. The van der Waals surface area contributed by atoms with Crippen LogP contribution in [0, 0.1) is 0 Å². The van der Waals surface area contributed by atoms with E-state index in [0.29, 0.717) is 13.2 Å². The first kappa shape index (κ1) is 14.3. The first-order valence-electron chi connectivity index (χ1n) is 6.58. The van der Waals surface area contributed by atoms with E-state index in [1.807, 2.05) is 13.8 Å². The van der Waals surface area contributed by atoms with Gasteiger partial charge in [0.05, 0.1) is 18.4 Å².